The third kappa shape index (κ3) is 5.16. The van der Waals surface area contributed by atoms with E-state index >= 15 is 0 Å². The average Bonchev–Trinajstić information content (AvgIpc) is 2.75. The van der Waals surface area contributed by atoms with Crippen molar-refractivity contribution in [3.63, 3.8) is 0 Å². The maximum absolute atomic E-state index is 13.4. The molecule has 1 aliphatic heterocycles. The Morgan fingerprint density at radius 1 is 1.19 bits per heavy atom. The second kappa shape index (κ2) is 9.51. The van der Waals surface area contributed by atoms with Crippen molar-refractivity contribution < 1.29 is 36.6 Å². The Hall–Kier alpha value is -3.21. The molecule has 2 aromatic rings. The highest BCUT2D eigenvalue weighted by atomic mass is 32.2. The number of nitrogens with zero attached hydrogens (tertiary/aromatic N) is 1. The van der Waals surface area contributed by atoms with Crippen LogP contribution in [0.4, 0.5) is 20.2 Å². The first-order chi connectivity index (χ1) is 15.1. The molecule has 8 nitrogen and oxygen atoms in total. The number of carboxylic acids is 1. The molecule has 0 bridgehead atoms. The van der Waals surface area contributed by atoms with Gasteiger partial charge in [0.15, 0.2) is 11.6 Å². The predicted octanol–water partition coefficient (Wildman–Crippen LogP) is 3.24. The molecule has 1 heterocycles. The lowest BCUT2D eigenvalue weighted by atomic mass is 9.97. The first-order valence-electron chi connectivity index (χ1n) is 9.89. The van der Waals surface area contributed by atoms with Gasteiger partial charge in [-0.2, -0.15) is 0 Å². The highest BCUT2D eigenvalue weighted by Crippen LogP contribution is 2.30. The third-order valence-corrected chi connectivity index (χ3v) is 6.44. The predicted molar refractivity (Wildman–Crippen MR) is 112 cm³/mol. The van der Waals surface area contributed by atoms with Crippen molar-refractivity contribution in [1.29, 1.82) is 0 Å². The first-order valence-corrected chi connectivity index (χ1v) is 11.4. The second-order valence-electron chi connectivity index (χ2n) is 7.26. The molecular weight excluding hydrogens is 446 g/mol. The van der Waals surface area contributed by atoms with Gasteiger partial charge in [-0.15, -0.1) is 0 Å². The Morgan fingerprint density at radius 2 is 1.94 bits per heavy atom. The number of halogens is 2. The van der Waals surface area contributed by atoms with Crippen LogP contribution < -0.4 is 9.62 Å². The maximum Gasteiger partial charge on any atom is 0.337 e. The number of piperidine rings is 1. The number of carboxylic acid groups (broad SMARTS) is 1. The van der Waals surface area contributed by atoms with Crippen LogP contribution in [0.3, 0.4) is 0 Å². The lowest BCUT2D eigenvalue weighted by Gasteiger charge is -2.34. The van der Waals surface area contributed by atoms with E-state index in [1.807, 2.05) is 0 Å². The van der Waals surface area contributed by atoms with Gasteiger partial charge < -0.3 is 14.7 Å². The number of nitrogens with one attached hydrogen (secondary N) is 1. The zero-order valence-electron chi connectivity index (χ0n) is 17.2. The summed E-state index contributed by atoms with van der Waals surface area (Å²) in [6, 6.07) is 6.08. The van der Waals surface area contributed by atoms with Crippen molar-refractivity contribution >= 4 is 33.3 Å². The minimum atomic E-state index is -4.28. The van der Waals surface area contributed by atoms with Crippen molar-refractivity contribution in [2.45, 2.75) is 24.7 Å². The Morgan fingerprint density at radius 3 is 2.59 bits per heavy atom. The van der Waals surface area contributed by atoms with Crippen LogP contribution in [0.2, 0.25) is 0 Å². The van der Waals surface area contributed by atoms with E-state index in [2.05, 4.69) is 4.72 Å². The molecule has 11 heteroatoms. The summed E-state index contributed by atoms with van der Waals surface area (Å²) < 4.78 is 58.8. The number of hydrogen-bond acceptors (Lipinski definition) is 6. The van der Waals surface area contributed by atoms with Gasteiger partial charge in [-0.1, -0.05) is 0 Å². The van der Waals surface area contributed by atoms with Crippen molar-refractivity contribution in [2.24, 2.45) is 5.92 Å². The minimum absolute atomic E-state index is 0.0603. The molecule has 3 rings (SSSR count). The van der Waals surface area contributed by atoms with E-state index in [0.29, 0.717) is 37.2 Å². The molecule has 0 aliphatic carbocycles. The number of anilines is 2. The highest BCUT2D eigenvalue weighted by molar-refractivity contribution is 7.92. The van der Waals surface area contributed by atoms with Crippen LogP contribution in [0, 0.1) is 17.6 Å². The van der Waals surface area contributed by atoms with Gasteiger partial charge in [0.2, 0.25) is 0 Å². The van der Waals surface area contributed by atoms with Gasteiger partial charge in [-0.25, -0.2) is 22.0 Å². The highest BCUT2D eigenvalue weighted by Gasteiger charge is 2.29. The number of sulfonamides is 1. The summed E-state index contributed by atoms with van der Waals surface area (Å²) >= 11 is 0. The van der Waals surface area contributed by atoms with Crippen LogP contribution in [0.15, 0.2) is 41.3 Å². The second-order valence-corrected chi connectivity index (χ2v) is 8.94. The topological polar surface area (TPSA) is 113 Å². The molecule has 0 saturated carbocycles. The lowest BCUT2D eigenvalue weighted by Crippen LogP contribution is -2.40. The summed E-state index contributed by atoms with van der Waals surface area (Å²) in [4.78, 5) is 25.2. The summed E-state index contributed by atoms with van der Waals surface area (Å²) in [7, 11) is -4.28. The summed E-state index contributed by atoms with van der Waals surface area (Å²) in [5, 5.41) is 9.68. The number of carbonyl (C=O) groups excluding carboxylic acids is 1. The molecule has 1 saturated heterocycles. The van der Waals surface area contributed by atoms with E-state index in [4.69, 9.17) is 4.74 Å². The molecule has 0 radical (unpaired) electrons. The molecule has 0 aromatic heterocycles. The number of benzene rings is 2. The quantitative estimate of drug-likeness (QED) is 0.600. The van der Waals surface area contributed by atoms with E-state index in [0.717, 1.165) is 12.1 Å². The van der Waals surface area contributed by atoms with E-state index in [-0.39, 0.29) is 30.4 Å². The number of hydrogen-bond donors (Lipinski definition) is 2. The molecule has 1 aliphatic rings. The monoisotopic (exact) mass is 468 g/mol. The zero-order chi connectivity index (χ0) is 23.5. The molecule has 2 aromatic carbocycles. The fraction of sp³-hybridized carbons (Fsp3) is 0.333. The summed E-state index contributed by atoms with van der Waals surface area (Å²) in [6.07, 6.45) is 1.29. The standard InChI is InChI=1S/C21H22F2N2O6S/c1-2-31-21(28)13-4-3-9-25(12-13)19-8-5-14(10-16(19)20(26)27)24-32(29,30)15-6-7-17(22)18(23)11-15/h5-8,10-11,13,24H,2-4,9,12H2,1H3,(H,26,27). The molecule has 2 N–H and O–H groups in total. The van der Waals surface area contributed by atoms with E-state index in [1.165, 1.54) is 12.1 Å². The van der Waals surface area contributed by atoms with E-state index in [1.54, 1.807) is 11.8 Å². The van der Waals surface area contributed by atoms with Crippen LogP contribution in [0.25, 0.3) is 0 Å². The van der Waals surface area contributed by atoms with Gasteiger partial charge in [-0.3, -0.25) is 9.52 Å². The summed E-state index contributed by atoms with van der Waals surface area (Å²) in [5.74, 6) is -4.53. The number of carbonyl (C=O) groups is 2. The molecular formula is C21H22F2N2O6S. The SMILES string of the molecule is CCOC(=O)C1CCCN(c2ccc(NS(=O)(=O)c3ccc(F)c(F)c3)cc2C(=O)O)C1. The van der Waals surface area contributed by atoms with Gasteiger partial charge in [0.25, 0.3) is 10.0 Å². The minimum Gasteiger partial charge on any atom is -0.478 e. The maximum atomic E-state index is 13.4. The Kier molecular flexibility index (Phi) is 6.97. The van der Waals surface area contributed by atoms with Crippen LogP contribution in [0.1, 0.15) is 30.1 Å². The van der Waals surface area contributed by atoms with Crippen molar-refractivity contribution in [3.05, 3.63) is 53.6 Å². The van der Waals surface area contributed by atoms with E-state index in [9.17, 15) is 31.9 Å². The van der Waals surface area contributed by atoms with Gasteiger partial charge in [-0.05, 0) is 56.2 Å². The van der Waals surface area contributed by atoms with E-state index < -0.39 is 38.4 Å². The van der Waals surface area contributed by atoms with Crippen molar-refractivity contribution in [2.75, 3.05) is 29.3 Å². The third-order valence-electron chi connectivity index (χ3n) is 5.06. The van der Waals surface area contributed by atoms with Crippen molar-refractivity contribution in [3.8, 4) is 0 Å². The number of aromatic carboxylic acids is 1. The van der Waals surface area contributed by atoms with Crippen LogP contribution in [0.5, 0.6) is 0 Å². The molecule has 32 heavy (non-hydrogen) atoms. The zero-order valence-corrected chi connectivity index (χ0v) is 18.0. The molecule has 0 spiro atoms. The fourth-order valence-electron chi connectivity index (χ4n) is 3.55. The molecule has 1 atom stereocenters. The van der Waals surface area contributed by atoms with Gasteiger partial charge >= 0.3 is 11.9 Å². The largest absolute Gasteiger partial charge is 0.478 e. The van der Waals surface area contributed by atoms with Crippen LogP contribution >= 0.6 is 0 Å². The van der Waals surface area contributed by atoms with Crippen LogP contribution in [-0.4, -0.2) is 45.2 Å². The Bertz CT molecular complexity index is 1140. The Balaban J connectivity index is 1.87. The Labute approximate surface area is 183 Å². The normalized spacial score (nSPS) is 16.5. The summed E-state index contributed by atoms with van der Waals surface area (Å²) in [5.41, 5.74) is 0.108. The number of ether oxygens (including phenoxy) is 1. The average molecular weight is 468 g/mol. The van der Waals surface area contributed by atoms with Gasteiger partial charge in [0, 0.05) is 18.8 Å². The van der Waals surface area contributed by atoms with Gasteiger partial charge in [0.1, 0.15) is 0 Å². The lowest BCUT2D eigenvalue weighted by molar-refractivity contribution is -0.148. The summed E-state index contributed by atoms with van der Waals surface area (Å²) in [6.45, 7) is 2.76. The molecule has 172 valence electrons. The van der Waals surface area contributed by atoms with Crippen LogP contribution in [-0.2, 0) is 19.6 Å². The van der Waals surface area contributed by atoms with Crippen molar-refractivity contribution in [1.82, 2.24) is 0 Å². The first kappa shape index (κ1) is 23.5. The smallest absolute Gasteiger partial charge is 0.337 e. The number of rotatable bonds is 7. The fourth-order valence-corrected chi connectivity index (χ4v) is 4.61. The molecule has 1 fully saturated rings. The molecule has 0 amide bonds. The van der Waals surface area contributed by atoms with Gasteiger partial charge in [0.05, 0.1) is 28.7 Å². The number of esters is 1. The molecule has 1 unspecified atom stereocenters.